The van der Waals surface area contributed by atoms with E-state index in [0.717, 1.165) is 33.1 Å². The summed E-state index contributed by atoms with van der Waals surface area (Å²) in [6.07, 6.45) is 2.49. The highest BCUT2D eigenvalue weighted by Crippen LogP contribution is 2.08. The lowest BCUT2D eigenvalue weighted by Crippen LogP contribution is -2.55. The molecule has 0 saturated carbocycles. The molecule has 0 aromatic heterocycles. The predicted octanol–water partition coefficient (Wildman–Crippen LogP) is 0.360. The lowest BCUT2D eigenvalue weighted by atomic mass is 10.3. The third kappa shape index (κ3) is 7.22. The Hall–Kier alpha value is -0.200. The molecule has 1 aliphatic rings. The first-order valence-corrected chi connectivity index (χ1v) is 7.62. The maximum atomic E-state index is 3.23. The number of rotatable bonds is 9. The van der Waals surface area contributed by atoms with Crippen LogP contribution in [0.3, 0.4) is 0 Å². The van der Waals surface area contributed by atoms with Crippen LogP contribution >= 0.6 is 0 Å². The number of hydrogen-bond donors (Lipinski definition) is 1. The van der Waals surface area contributed by atoms with Crippen molar-refractivity contribution in [2.75, 3.05) is 73.9 Å². The molecule has 0 spiro atoms. The van der Waals surface area contributed by atoms with E-state index in [4.69, 9.17) is 0 Å². The molecule has 0 unspecified atom stereocenters. The van der Waals surface area contributed by atoms with Gasteiger partial charge in [-0.05, 0) is 53.6 Å². The van der Waals surface area contributed by atoms with Crippen LogP contribution in [0, 0.1) is 0 Å². The van der Waals surface area contributed by atoms with E-state index < -0.39 is 0 Å². The van der Waals surface area contributed by atoms with Crippen molar-refractivity contribution in [2.45, 2.75) is 19.8 Å². The van der Waals surface area contributed by atoms with Crippen LogP contribution in [0.4, 0.5) is 0 Å². The van der Waals surface area contributed by atoms with Gasteiger partial charge in [-0.25, -0.2) is 0 Å². The molecule has 0 aromatic carbocycles. The summed E-state index contributed by atoms with van der Waals surface area (Å²) in [6, 6.07) is 0. The second-order valence-electron chi connectivity index (χ2n) is 5.81. The standard InChI is InChI=1S/C14H33N5/c1-5-17-12-18(10-6-8-15-2)14-19(13-17)11-7-9-16(3)4/h15H,5-14H2,1-4H3. The minimum absolute atomic E-state index is 1.11. The third-order valence-corrected chi connectivity index (χ3v) is 3.63. The summed E-state index contributed by atoms with van der Waals surface area (Å²) in [7, 11) is 6.33. The summed E-state index contributed by atoms with van der Waals surface area (Å²) < 4.78 is 0. The number of hydrogen-bond acceptors (Lipinski definition) is 5. The Balaban J connectivity index is 2.30. The van der Waals surface area contributed by atoms with Gasteiger partial charge in [0.25, 0.3) is 0 Å². The molecule has 114 valence electrons. The molecule has 0 amide bonds. The molecule has 5 nitrogen and oxygen atoms in total. The summed E-state index contributed by atoms with van der Waals surface area (Å²) in [4.78, 5) is 9.95. The first-order chi connectivity index (χ1) is 9.15. The Bertz CT molecular complexity index is 222. The lowest BCUT2D eigenvalue weighted by Gasteiger charge is -2.42. The zero-order valence-electron chi connectivity index (χ0n) is 13.4. The van der Waals surface area contributed by atoms with Gasteiger partial charge in [-0.3, -0.25) is 14.7 Å². The van der Waals surface area contributed by atoms with Crippen molar-refractivity contribution < 1.29 is 0 Å². The van der Waals surface area contributed by atoms with Crippen LogP contribution in [0.5, 0.6) is 0 Å². The molecule has 19 heavy (non-hydrogen) atoms. The van der Waals surface area contributed by atoms with Gasteiger partial charge in [-0.1, -0.05) is 6.92 Å². The monoisotopic (exact) mass is 271 g/mol. The average Bonchev–Trinajstić information content (AvgIpc) is 2.38. The van der Waals surface area contributed by atoms with Crippen molar-refractivity contribution >= 4 is 0 Å². The fraction of sp³-hybridized carbons (Fsp3) is 1.00. The molecule has 1 saturated heterocycles. The van der Waals surface area contributed by atoms with E-state index in [1.807, 2.05) is 7.05 Å². The van der Waals surface area contributed by atoms with Gasteiger partial charge in [-0.2, -0.15) is 0 Å². The molecule has 5 heteroatoms. The third-order valence-electron chi connectivity index (χ3n) is 3.63. The van der Waals surface area contributed by atoms with E-state index in [2.05, 4.69) is 45.9 Å². The molecule has 0 atom stereocenters. The van der Waals surface area contributed by atoms with E-state index in [1.165, 1.54) is 32.5 Å². The highest BCUT2D eigenvalue weighted by atomic mass is 15.5. The Morgan fingerprint density at radius 3 is 2.05 bits per heavy atom. The molecule has 1 aliphatic heterocycles. The molecule has 1 heterocycles. The Morgan fingerprint density at radius 2 is 1.53 bits per heavy atom. The van der Waals surface area contributed by atoms with Gasteiger partial charge < -0.3 is 10.2 Å². The maximum absolute atomic E-state index is 3.23. The van der Waals surface area contributed by atoms with Crippen molar-refractivity contribution in [2.24, 2.45) is 0 Å². The first kappa shape index (κ1) is 16.9. The van der Waals surface area contributed by atoms with Crippen molar-refractivity contribution in [3.8, 4) is 0 Å². The van der Waals surface area contributed by atoms with Gasteiger partial charge >= 0.3 is 0 Å². The van der Waals surface area contributed by atoms with Gasteiger partial charge in [0.05, 0.1) is 20.0 Å². The van der Waals surface area contributed by atoms with Crippen molar-refractivity contribution in [3.05, 3.63) is 0 Å². The predicted molar refractivity (Wildman–Crippen MR) is 82.1 cm³/mol. The van der Waals surface area contributed by atoms with Crippen molar-refractivity contribution in [1.29, 1.82) is 0 Å². The maximum Gasteiger partial charge on any atom is 0.0530 e. The smallest absolute Gasteiger partial charge is 0.0530 e. The summed E-state index contributed by atoms with van der Waals surface area (Å²) in [5.74, 6) is 0. The topological polar surface area (TPSA) is 25.0 Å². The van der Waals surface area contributed by atoms with Crippen LogP contribution < -0.4 is 5.32 Å². The molecule has 0 bridgehead atoms. The zero-order chi connectivity index (χ0) is 14.1. The van der Waals surface area contributed by atoms with Gasteiger partial charge in [0.15, 0.2) is 0 Å². The lowest BCUT2D eigenvalue weighted by molar-refractivity contribution is -0.0279. The summed E-state index contributed by atoms with van der Waals surface area (Å²) in [5, 5.41) is 3.23. The fourth-order valence-electron chi connectivity index (χ4n) is 2.56. The van der Waals surface area contributed by atoms with Gasteiger partial charge in [0.1, 0.15) is 0 Å². The van der Waals surface area contributed by atoms with E-state index in [9.17, 15) is 0 Å². The largest absolute Gasteiger partial charge is 0.320 e. The second-order valence-corrected chi connectivity index (χ2v) is 5.81. The van der Waals surface area contributed by atoms with Crippen LogP contribution in [-0.4, -0.2) is 93.5 Å². The van der Waals surface area contributed by atoms with Crippen LogP contribution in [0.15, 0.2) is 0 Å². The fourth-order valence-corrected chi connectivity index (χ4v) is 2.56. The minimum atomic E-state index is 1.11. The highest BCUT2D eigenvalue weighted by molar-refractivity contribution is 4.69. The first-order valence-electron chi connectivity index (χ1n) is 7.62. The summed E-state index contributed by atoms with van der Waals surface area (Å²) in [5.41, 5.74) is 0. The van der Waals surface area contributed by atoms with Gasteiger partial charge in [-0.15, -0.1) is 0 Å². The van der Waals surface area contributed by atoms with E-state index in [0.29, 0.717) is 0 Å². The normalized spacial score (nSPS) is 19.4. The van der Waals surface area contributed by atoms with E-state index >= 15 is 0 Å². The second kappa shape index (κ2) is 9.66. The van der Waals surface area contributed by atoms with E-state index in [1.54, 1.807) is 0 Å². The van der Waals surface area contributed by atoms with Crippen molar-refractivity contribution in [1.82, 2.24) is 24.9 Å². The Morgan fingerprint density at radius 1 is 0.947 bits per heavy atom. The van der Waals surface area contributed by atoms with Crippen LogP contribution in [0.2, 0.25) is 0 Å². The number of nitrogens with one attached hydrogen (secondary N) is 1. The van der Waals surface area contributed by atoms with Gasteiger partial charge in [0, 0.05) is 13.1 Å². The number of nitrogens with zero attached hydrogens (tertiary/aromatic N) is 4. The van der Waals surface area contributed by atoms with Crippen LogP contribution in [-0.2, 0) is 0 Å². The van der Waals surface area contributed by atoms with Gasteiger partial charge in [0.2, 0.25) is 0 Å². The Kier molecular flexibility index (Phi) is 8.57. The quantitative estimate of drug-likeness (QED) is 0.611. The van der Waals surface area contributed by atoms with Crippen LogP contribution in [0.25, 0.3) is 0 Å². The molecular weight excluding hydrogens is 238 g/mol. The molecular formula is C14H33N5. The summed E-state index contributed by atoms with van der Waals surface area (Å²) in [6.45, 7) is 11.5. The highest BCUT2D eigenvalue weighted by Gasteiger charge is 2.21. The minimum Gasteiger partial charge on any atom is -0.320 e. The molecule has 0 aliphatic carbocycles. The summed E-state index contributed by atoms with van der Waals surface area (Å²) >= 11 is 0. The zero-order valence-corrected chi connectivity index (χ0v) is 13.4. The molecule has 0 radical (unpaired) electrons. The molecule has 1 rings (SSSR count). The van der Waals surface area contributed by atoms with Crippen molar-refractivity contribution in [3.63, 3.8) is 0 Å². The van der Waals surface area contributed by atoms with Crippen LogP contribution in [0.1, 0.15) is 19.8 Å². The molecule has 1 N–H and O–H groups in total. The van der Waals surface area contributed by atoms with E-state index in [-0.39, 0.29) is 0 Å². The Labute approximate surface area is 119 Å². The molecule has 0 aromatic rings. The SMILES string of the molecule is CCN1CN(CCCNC)CN(CCCN(C)C)C1. The average molecular weight is 271 g/mol. The molecule has 1 fully saturated rings.